The van der Waals surface area contributed by atoms with Gasteiger partial charge < -0.3 is 14.6 Å². The summed E-state index contributed by atoms with van der Waals surface area (Å²) in [6.45, 7) is -0.179. The number of halogens is 4. The molecule has 4 rings (SSSR count). The van der Waals surface area contributed by atoms with E-state index >= 15 is 0 Å². The zero-order valence-corrected chi connectivity index (χ0v) is 20.3. The number of aliphatic hydroxyl groups is 1. The molecule has 0 aliphatic rings. The van der Waals surface area contributed by atoms with E-state index in [1.165, 1.54) is 22.8 Å². The molecule has 194 valence electrons. The molecule has 0 amide bonds. The standard InChI is InChI=1S/C26H22ClF3N2O5/c1-31-23-17(12-16-6-8-18(27)9-7-16)13-21(15-22(23)24(34)32(25(31)35)10-3-11-33)36-19-4-2-5-20(14-19)37-26(28,29)30/h2,4-9,13-15,33H,3,10-12H2,1H3. The maximum absolute atomic E-state index is 13.3. The van der Waals surface area contributed by atoms with Crippen molar-refractivity contribution in [3.63, 3.8) is 0 Å². The van der Waals surface area contributed by atoms with Crippen LogP contribution in [0, 0.1) is 0 Å². The Hall–Kier alpha value is -3.76. The fourth-order valence-corrected chi connectivity index (χ4v) is 4.17. The van der Waals surface area contributed by atoms with E-state index in [4.69, 9.17) is 16.3 Å². The molecule has 0 radical (unpaired) electrons. The van der Waals surface area contributed by atoms with Crippen LogP contribution in [0.15, 0.2) is 70.3 Å². The SMILES string of the molecule is Cn1c(=O)n(CCCO)c(=O)c2cc(Oc3cccc(OC(F)(F)F)c3)cc(Cc3ccc(Cl)cc3)c21. The molecule has 4 aromatic rings. The van der Waals surface area contributed by atoms with Crippen LogP contribution in [0.4, 0.5) is 13.2 Å². The molecule has 0 aliphatic heterocycles. The number of hydrogen-bond acceptors (Lipinski definition) is 5. The molecule has 0 spiro atoms. The van der Waals surface area contributed by atoms with Crippen molar-refractivity contribution in [2.75, 3.05) is 6.61 Å². The summed E-state index contributed by atoms with van der Waals surface area (Å²) in [6.07, 6.45) is -4.34. The molecular weight excluding hydrogens is 513 g/mol. The topological polar surface area (TPSA) is 82.7 Å². The van der Waals surface area contributed by atoms with Crippen LogP contribution < -0.4 is 20.7 Å². The van der Waals surface area contributed by atoms with E-state index in [9.17, 15) is 27.9 Å². The van der Waals surface area contributed by atoms with Gasteiger partial charge in [0.1, 0.15) is 17.2 Å². The number of hydrogen-bond donors (Lipinski definition) is 1. The van der Waals surface area contributed by atoms with Crippen LogP contribution in [0.1, 0.15) is 17.5 Å². The molecule has 11 heteroatoms. The third kappa shape index (κ3) is 6.15. The monoisotopic (exact) mass is 534 g/mol. The number of alkyl halides is 3. The van der Waals surface area contributed by atoms with Gasteiger partial charge in [0, 0.05) is 31.3 Å². The predicted octanol–water partition coefficient (Wildman–Crippen LogP) is 5.02. The van der Waals surface area contributed by atoms with E-state index in [1.807, 2.05) is 0 Å². The second-order valence-electron chi connectivity index (χ2n) is 8.28. The fraction of sp³-hybridized carbons (Fsp3) is 0.231. The molecule has 37 heavy (non-hydrogen) atoms. The van der Waals surface area contributed by atoms with Gasteiger partial charge in [0.25, 0.3) is 5.56 Å². The third-order valence-corrected chi connectivity index (χ3v) is 5.87. The summed E-state index contributed by atoms with van der Waals surface area (Å²) in [7, 11) is 1.55. The molecular formula is C26H22ClF3N2O5. The van der Waals surface area contributed by atoms with Gasteiger partial charge in [0.2, 0.25) is 0 Å². The van der Waals surface area contributed by atoms with Gasteiger partial charge in [-0.15, -0.1) is 13.2 Å². The van der Waals surface area contributed by atoms with Crippen LogP contribution in [-0.2, 0) is 20.0 Å². The Kier molecular flexibility index (Phi) is 7.60. The van der Waals surface area contributed by atoms with Crippen molar-refractivity contribution in [1.29, 1.82) is 0 Å². The minimum atomic E-state index is -4.86. The van der Waals surface area contributed by atoms with Gasteiger partial charge in [0.15, 0.2) is 0 Å². The first-order chi connectivity index (χ1) is 17.6. The quantitative estimate of drug-likeness (QED) is 0.343. The maximum Gasteiger partial charge on any atom is 0.573 e. The lowest BCUT2D eigenvalue weighted by molar-refractivity contribution is -0.274. The first kappa shape index (κ1) is 26.3. The highest BCUT2D eigenvalue weighted by Gasteiger charge is 2.31. The van der Waals surface area contributed by atoms with Crippen molar-refractivity contribution in [2.24, 2.45) is 7.05 Å². The third-order valence-electron chi connectivity index (χ3n) is 5.61. The van der Waals surface area contributed by atoms with Gasteiger partial charge in [-0.3, -0.25) is 13.9 Å². The van der Waals surface area contributed by atoms with E-state index in [-0.39, 0.29) is 36.5 Å². The molecule has 3 aromatic carbocycles. The van der Waals surface area contributed by atoms with E-state index in [0.29, 0.717) is 22.5 Å². The summed E-state index contributed by atoms with van der Waals surface area (Å²) in [5.41, 5.74) is 0.730. The van der Waals surface area contributed by atoms with Gasteiger partial charge >= 0.3 is 12.1 Å². The van der Waals surface area contributed by atoms with Crippen molar-refractivity contribution in [2.45, 2.75) is 25.7 Å². The predicted molar refractivity (Wildman–Crippen MR) is 133 cm³/mol. The lowest BCUT2D eigenvalue weighted by Gasteiger charge is -2.16. The number of aromatic nitrogens is 2. The zero-order valence-electron chi connectivity index (χ0n) is 19.6. The zero-order chi connectivity index (χ0) is 26.7. The van der Waals surface area contributed by atoms with Crippen LogP contribution in [0.25, 0.3) is 10.9 Å². The second-order valence-corrected chi connectivity index (χ2v) is 8.72. The summed E-state index contributed by atoms with van der Waals surface area (Å²) in [6, 6.07) is 15.1. The first-order valence-electron chi connectivity index (χ1n) is 11.2. The highest BCUT2D eigenvalue weighted by Crippen LogP contribution is 2.32. The summed E-state index contributed by atoms with van der Waals surface area (Å²) in [5.74, 6) is -0.213. The minimum Gasteiger partial charge on any atom is -0.457 e. The Morgan fingerprint density at radius 1 is 0.973 bits per heavy atom. The van der Waals surface area contributed by atoms with Crippen molar-refractivity contribution in [1.82, 2.24) is 9.13 Å². The largest absolute Gasteiger partial charge is 0.573 e. The van der Waals surface area contributed by atoms with Crippen LogP contribution in [0.5, 0.6) is 17.2 Å². The summed E-state index contributed by atoms with van der Waals surface area (Å²) in [5, 5.41) is 9.92. The number of benzene rings is 3. The number of rotatable bonds is 8. The molecule has 0 saturated heterocycles. The van der Waals surface area contributed by atoms with Crippen molar-refractivity contribution in [3.05, 3.63) is 97.7 Å². The van der Waals surface area contributed by atoms with Crippen molar-refractivity contribution < 1.29 is 27.8 Å². The van der Waals surface area contributed by atoms with Crippen LogP contribution in [0.2, 0.25) is 5.02 Å². The highest BCUT2D eigenvalue weighted by molar-refractivity contribution is 6.30. The first-order valence-corrected chi connectivity index (χ1v) is 11.6. The lowest BCUT2D eigenvalue weighted by Crippen LogP contribution is -2.39. The number of ether oxygens (including phenoxy) is 2. The maximum atomic E-state index is 13.3. The van der Waals surface area contributed by atoms with E-state index < -0.39 is 23.4 Å². The highest BCUT2D eigenvalue weighted by atomic mass is 35.5. The van der Waals surface area contributed by atoms with E-state index in [0.717, 1.165) is 22.3 Å². The molecule has 0 aliphatic carbocycles. The van der Waals surface area contributed by atoms with Crippen LogP contribution in [0.3, 0.4) is 0 Å². The average molecular weight is 535 g/mol. The van der Waals surface area contributed by atoms with Gasteiger partial charge in [-0.25, -0.2) is 4.79 Å². The Morgan fingerprint density at radius 2 is 1.68 bits per heavy atom. The Labute approximate surface area is 213 Å². The van der Waals surface area contributed by atoms with Crippen molar-refractivity contribution >= 4 is 22.5 Å². The molecule has 7 nitrogen and oxygen atoms in total. The normalized spacial score (nSPS) is 11.6. The lowest BCUT2D eigenvalue weighted by atomic mass is 10.0. The molecule has 1 aromatic heterocycles. The molecule has 0 atom stereocenters. The van der Waals surface area contributed by atoms with Gasteiger partial charge in [-0.2, -0.15) is 0 Å². The average Bonchev–Trinajstić information content (AvgIpc) is 2.83. The van der Waals surface area contributed by atoms with Crippen LogP contribution in [-0.4, -0.2) is 27.2 Å². The van der Waals surface area contributed by atoms with Gasteiger partial charge in [0.05, 0.1) is 10.9 Å². The molecule has 0 bridgehead atoms. The Bertz CT molecular complexity index is 1550. The number of aryl methyl sites for hydroxylation is 1. The van der Waals surface area contributed by atoms with Crippen LogP contribution >= 0.6 is 11.6 Å². The smallest absolute Gasteiger partial charge is 0.457 e. The molecule has 0 unspecified atom stereocenters. The summed E-state index contributed by atoms with van der Waals surface area (Å²) >= 11 is 6.00. The summed E-state index contributed by atoms with van der Waals surface area (Å²) in [4.78, 5) is 26.3. The van der Waals surface area contributed by atoms with Gasteiger partial charge in [-0.1, -0.05) is 29.8 Å². The minimum absolute atomic E-state index is 0.0202. The Morgan fingerprint density at radius 3 is 2.35 bits per heavy atom. The summed E-state index contributed by atoms with van der Waals surface area (Å²) < 4.78 is 50.1. The second kappa shape index (κ2) is 10.7. The molecule has 1 heterocycles. The molecule has 0 saturated carbocycles. The number of nitrogens with zero attached hydrogens (tertiary/aromatic N) is 2. The van der Waals surface area contributed by atoms with E-state index in [1.54, 1.807) is 37.4 Å². The number of aliphatic hydroxyl groups excluding tert-OH is 1. The van der Waals surface area contributed by atoms with E-state index in [2.05, 4.69) is 4.74 Å². The van der Waals surface area contributed by atoms with Crippen molar-refractivity contribution in [3.8, 4) is 17.2 Å². The van der Waals surface area contributed by atoms with Gasteiger partial charge in [-0.05, 0) is 60.4 Å². The Balaban J connectivity index is 1.86. The molecule has 0 fully saturated rings. The molecule has 1 N–H and O–H groups in total. The number of fused-ring (bicyclic) bond motifs is 1. The fourth-order valence-electron chi connectivity index (χ4n) is 4.05.